The lowest BCUT2D eigenvalue weighted by Crippen LogP contribution is -2.63. The topological polar surface area (TPSA) is 153 Å². The van der Waals surface area contributed by atoms with E-state index in [1.54, 1.807) is 82.8 Å². The number of hydrogen-bond donors (Lipinski definition) is 4. The van der Waals surface area contributed by atoms with Gasteiger partial charge in [-0.1, -0.05) is 43.8 Å². The first-order valence-electron chi connectivity index (χ1n) is 23.3. The van der Waals surface area contributed by atoms with Crippen molar-refractivity contribution in [3.8, 4) is 0 Å². The fraction of sp³-hybridized carbons (Fsp3) is 0.673. The van der Waals surface area contributed by atoms with E-state index in [4.69, 9.17) is 14.6 Å². The molecular weight excluding hydrogens is 937 g/mol. The van der Waals surface area contributed by atoms with Crippen molar-refractivity contribution in [1.29, 1.82) is 0 Å². The molecule has 4 N–H and O–H groups in total. The summed E-state index contributed by atoms with van der Waals surface area (Å²) in [7, 11) is 0. The summed E-state index contributed by atoms with van der Waals surface area (Å²) in [5, 5.41) is 17.2. The van der Waals surface area contributed by atoms with Crippen LogP contribution in [0.3, 0.4) is 0 Å². The van der Waals surface area contributed by atoms with Gasteiger partial charge < -0.3 is 35.4 Å². The molecule has 0 spiro atoms. The lowest BCUT2D eigenvalue weighted by atomic mass is 9.93. The molecule has 4 fully saturated rings. The number of benzene rings is 2. The highest BCUT2D eigenvalue weighted by Crippen LogP contribution is 2.36. The maximum Gasteiger partial charge on any atom is 0.407 e. The molecule has 2 aromatic rings. The number of nitrogens with zero attached hydrogens (tertiary/aromatic N) is 3. The summed E-state index contributed by atoms with van der Waals surface area (Å²) in [6.07, 6.45) is -8.95. The van der Waals surface area contributed by atoms with Crippen LogP contribution >= 0.6 is 0 Å². The summed E-state index contributed by atoms with van der Waals surface area (Å²) >= 11 is 0. The van der Waals surface area contributed by atoms with Crippen molar-refractivity contribution < 1.29 is 68.9 Å². The standard InChI is InChI=1S/C24H33F4N3O3.C15H20FNO4.C9H15F3N2.CH4/c1-23(2,3)34-22(33)29-18(12-16-6-4-5-7-20(16)25)13-21(32)31-14-19(15-31)30-10-8-17(9-11-30)24(26,27)28;1-15(2,3)21-14(20)17-11(9-13(18)19)8-10-6-4-5-7-12(10)16;10-9(11,12)7-1-3-14(4-2-7)8-5-13-6-8;/h4-7,17-19H,8-15H2,1-3H3,(H,29,33);4-7,11H,8-9H2,1-3H3,(H,17,20)(H,18,19);7-8,13H,1-6H2;1H4/t18-;11-;;/m11../s1. The molecule has 3 amide bonds. The van der Waals surface area contributed by atoms with Crippen LogP contribution in [0.4, 0.5) is 44.7 Å². The van der Waals surface area contributed by atoms with Crippen LogP contribution in [0, 0.1) is 23.5 Å². The van der Waals surface area contributed by atoms with Crippen molar-refractivity contribution in [1.82, 2.24) is 30.7 Å². The molecule has 21 heteroatoms. The third kappa shape index (κ3) is 20.5. The van der Waals surface area contributed by atoms with Crippen molar-refractivity contribution in [2.75, 3.05) is 52.4 Å². The number of rotatable bonds is 12. The zero-order chi connectivity index (χ0) is 51.3. The molecule has 0 bridgehead atoms. The number of alkyl halides is 6. The highest BCUT2D eigenvalue weighted by molar-refractivity contribution is 5.79. The van der Waals surface area contributed by atoms with E-state index in [1.807, 2.05) is 4.90 Å². The van der Waals surface area contributed by atoms with Gasteiger partial charge in [0.2, 0.25) is 5.91 Å². The second-order valence-electron chi connectivity index (χ2n) is 20.0. The number of likely N-dealkylation sites (tertiary alicyclic amines) is 3. The molecule has 0 aromatic heterocycles. The molecule has 4 aliphatic rings. The third-order valence-electron chi connectivity index (χ3n) is 12.1. The largest absolute Gasteiger partial charge is 0.481 e. The Morgan fingerprint density at radius 2 is 1.01 bits per heavy atom. The Bertz CT molecular complexity index is 1970. The minimum absolute atomic E-state index is 0. The summed E-state index contributed by atoms with van der Waals surface area (Å²) in [4.78, 5) is 53.6. The number of carbonyl (C=O) groups excluding carboxylic acids is 3. The van der Waals surface area contributed by atoms with Gasteiger partial charge in [-0.2, -0.15) is 26.3 Å². The number of alkyl carbamates (subject to hydrolysis) is 2. The average molecular weight is 1010 g/mol. The molecule has 4 aliphatic heterocycles. The molecule has 0 unspecified atom stereocenters. The van der Waals surface area contributed by atoms with Crippen molar-refractivity contribution in [2.24, 2.45) is 11.8 Å². The first kappa shape index (κ1) is 59.5. The highest BCUT2D eigenvalue weighted by atomic mass is 19.4. The van der Waals surface area contributed by atoms with Crippen LogP contribution in [0.2, 0.25) is 0 Å². The summed E-state index contributed by atoms with van der Waals surface area (Å²) in [6, 6.07) is 11.4. The minimum Gasteiger partial charge on any atom is -0.481 e. The van der Waals surface area contributed by atoms with Crippen LogP contribution in [-0.4, -0.2) is 144 Å². The summed E-state index contributed by atoms with van der Waals surface area (Å²) < 4.78 is 114. The second-order valence-corrected chi connectivity index (χ2v) is 20.0. The van der Waals surface area contributed by atoms with Crippen molar-refractivity contribution >= 4 is 24.1 Å². The molecule has 396 valence electrons. The molecule has 6 rings (SSSR count). The van der Waals surface area contributed by atoms with Gasteiger partial charge in [0.25, 0.3) is 0 Å². The van der Waals surface area contributed by atoms with E-state index in [9.17, 15) is 54.3 Å². The normalized spacial score (nSPS) is 18.7. The predicted octanol–water partition coefficient (Wildman–Crippen LogP) is 8.74. The van der Waals surface area contributed by atoms with Gasteiger partial charge in [-0.3, -0.25) is 19.4 Å². The monoisotopic (exact) mass is 1010 g/mol. The third-order valence-corrected chi connectivity index (χ3v) is 12.1. The van der Waals surface area contributed by atoms with Crippen molar-refractivity contribution in [3.63, 3.8) is 0 Å². The minimum atomic E-state index is -4.15. The Labute approximate surface area is 406 Å². The highest BCUT2D eigenvalue weighted by Gasteiger charge is 2.45. The Hall–Kier alpha value is -4.76. The molecule has 4 heterocycles. The number of halogens is 8. The molecule has 13 nitrogen and oxygen atoms in total. The van der Waals surface area contributed by atoms with E-state index < -0.39 is 77.3 Å². The maximum atomic E-state index is 14.2. The number of hydrogen-bond acceptors (Lipinski definition) is 9. The maximum absolute atomic E-state index is 14.2. The van der Waals surface area contributed by atoms with Gasteiger partial charge in [0.1, 0.15) is 22.8 Å². The van der Waals surface area contributed by atoms with Crippen molar-refractivity contribution in [2.45, 2.75) is 148 Å². The van der Waals surface area contributed by atoms with Crippen LogP contribution in [0.15, 0.2) is 48.5 Å². The fourth-order valence-corrected chi connectivity index (χ4v) is 8.31. The Balaban J connectivity index is 0.000000305. The van der Waals surface area contributed by atoms with E-state index in [0.29, 0.717) is 56.4 Å². The molecule has 2 atom stereocenters. The molecule has 70 heavy (non-hydrogen) atoms. The van der Waals surface area contributed by atoms with E-state index in [-0.39, 0.29) is 70.7 Å². The van der Waals surface area contributed by atoms with Crippen LogP contribution in [0.25, 0.3) is 0 Å². The van der Waals surface area contributed by atoms with Crippen LogP contribution in [0.5, 0.6) is 0 Å². The lowest BCUT2D eigenvalue weighted by molar-refractivity contribution is -0.188. The quantitative estimate of drug-likeness (QED) is 0.152. The number of carbonyl (C=O) groups is 4. The summed E-state index contributed by atoms with van der Waals surface area (Å²) in [6.45, 7) is 15.0. The molecule has 0 radical (unpaired) electrons. The number of aliphatic carboxylic acids is 1. The van der Waals surface area contributed by atoms with Gasteiger partial charge in [0.05, 0.1) is 18.3 Å². The first-order chi connectivity index (χ1) is 32.1. The SMILES string of the molecule is C.CC(C)(C)OC(=O)N[C@@H](CC(=O)N1CC(N2CCC(C(F)(F)F)CC2)C1)Cc1ccccc1F.CC(C)(C)OC(=O)N[C@@H](CC(=O)O)Cc1ccccc1F.FC(F)(F)C1CCN(C2CNC2)CC1. The van der Waals surface area contributed by atoms with Crippen LogP contribution in [-0.2, 0) is 31.9 Å². The molecule has 0 saturated carbocycles. The number of amides is 3. The summed E-state index contributed by atoms with van der Waals surface area (Å²) in [5.41, 5.74) is -0.679. The van der Waals surface area contributed by atoms with Crippen LogP contribution in [0.1, 0.15) is 98.6 Å². The van der Waals surface area contributed by atoms with Gasteiger partial charge in [-0.15, -0.1) is 0 Å². The first-order valence-corrected chi connectivity index (χ1v) is 23.3. The zero-order valence-electron chi connectivity index (χ0n) is 40.2. The Morgan fingerprint density at radius 1 is 0.643 bits per heavy atom. The molecule has 0 aliphatic carbocycles. The lowest BCUT2D eigenvalue weighted by Gasteiger charge is -2.48. The molecular formula is C49H72F8N6O7. The van der Waals surface area contributed by atoms with Gasteiger partial charge in [0, 0.05) is 56.8 Å². The second kappa shape index (κ2) is 26.1. The van der Waals surface area contributed by atoms with E-state index >= 15 is 0 Å². The van der Waals surface area contributed by atoms with Gasteiger partial charge >= 0.3 is 30.5 Å². The number of carboxylic acid groups (broad SMARTS) is 1. The number of ether oxygens (including phenoxy) is 2. The molecule has 4 saturated heterocycles. The van der Waals surface area contributed by atoms with E-state index in [1.165, 1.54) is 12.1 Å². The van der Waals surface area contributed by atoms with Crippen LogP contribution < -0.4 is 16.0 Å². The Morgan fingerprint density at radius 3 is 1.34 bits per heavy atom. The zero-order valence-corrected chi connectivity index (χ0v) is 40.2. The average Bonchev–Trinajstić information content (AvgIpc) is 3.17. The fourth-order valence-electron chi connectivity index (χ4n) is 8.31. The Kier molecular flexibility index (Phi) is 22.2. The molecule has 2 aromatic carbocycles. The van der Waals surface area contributed by atoms with Gasteiger partial charge in [-0.05, 0) is 130 Å². The predicted molar refractivity (Wildman–Crippen MR) is 248 cm³/mol. The van der Waals surface area contributed by atoms with E-state index in [2.05, 4.69) is 20.9 Å². The van der Waals surface area contributed by atoms with Crippen molar-refractivity contribution in [3.05, 3.63) is 71.3 Å². The van der Waals surface area contributed by atoms with Gasteiger partial charge in [0.15, 0.2) is 0 Å². The smallest absolute Gasteiger partial charge is 0.407 e. The number of carboxylic acids is 1. The van der Waals surface area contributed by atoms with E-state index in [0.717, 1.165) is 13.1 Å². The number of nitrogens with one attached hydrogen (secondary N) is 3. The summed E-state index contributed by atoms with van der Waals surface area (Å²) in [5.74, 6) is -4.44. The van der Waals surface area contributed by atoms with Gasteiger partial charge in [-0.25, -0.2) is 18.4 Å². The number of piperidine rings is 2.